The number of ether oxygens (including phenoxy) is 1. The third kappa shape index (κ3) is 8.81. The number of rotatable bonds is 5. The summed E-state index contributed by atoms with van der Waals surface area (Å²) in [6.07, 6.45) is 5.95. The van der Waals surface area contributed by atoms with Crippen LogP contribution in [0.25, 0.3) is 94.5 Å². The summed E-state index contributed by atoms with van der Waals surface area (Å²) in [6.45, 7) is 27.5. The zero-order chi connectivity index (χ0) is 52.3. The molecule has 0 amide bonds. The topological polar surface area (TPSA) is 35.9 Å². The molecule has 0 saturated carbocycles. The van der Waals surface area contributed by atoms with Crippen molar-refractivity contribution in [2.75, 3.05) is 0 Å². The van der Waals surface area contributed by atoms with Gasteiger partial charge in [-0.3, -0.25) is 4.57 Å². The maximum absolute atomic E-state index is 6.85. The first-order valence-corrected chi connectivity index (χ1v) is 26.4. The first-order chi connectivity index (χ1) is 35.7. The summed E-state index contributed by atoms with van der Waals surface area (Å²) in [5.74, 6) is 2.00. The Morgan fingerprint density at radius 3 is 1.74 bits per heavy atom. The van der Waals surface area contributed by atoms with Gasteiger partial charge in [0.2, 0.25) is 0 Å². The number of fused-ring (bicyclic) bond motifs is 10. The van der Waals surface area contributed by atoms with Gasteiger partial charge in [0.15, 0.2) is 0 Å². The number of imidazole rings is 1. The van der Waals surface area contributed by atoms with Crippen molar-refractivity contribution in [3.63, 3.8) is 0 Å². The van der Waals surface area contributed by atoms with Crippen molar-refractivity contribution in [2.24, 2.45) is 0 Å². The standard InChI is InChI=1S/C70H64N4O.Pt/c1-67(2,3)46-30-28-44(29-31-46)45-36-58-54-24-15-13-22-52(54)53-23-14-16-25-55(53)59-38-48(69(7,8)9)39-60(70(10,11)12)65(59)73-43-72(63(37-45)66(58)73)49-20-19-21-50(41-49)75-51-32-33-57-56-26-17-18-27-61(56)74(62(57)42-51)64-40-47(34-35-71-64)68(4,5)6;/h13-40H,1-12H3;/q-2;. The Balaban J connectivity index is 0.00000616. The summed E-state index contributed by atoms with van der Waals surface area (Å²) >= 11 is 0. The van der Waals surface area contributed by atoms with E-state index in [4.69, 9.17) is 9.72 Å². The van der Waals surface area contributed by atoms with E-state index in [0.717, 1.165) is 72.3 Å². The molecule has 0 saturated heterocycles. The van der Waals surface area contributed by atoms with E-state index in [9.17, 15) is 0 Å². The maximum atomic E-state index is 6.85. The van der Waals surface area contributed by atoms with E-state index < -0.39 is 0 Å². The van der Waals surface area contributed by atoms with Gasteiger partial charge in [-0.1, -0.05) is 198 Å². The normalized spacial score (nSPS) is 12.6. The van der Waals surface area contributed by atoms with Crippen molar-refractivity contribution in [1.29, 1.82) is 0 Å². The second-order valence-electron chi connectivity index (χ2n) is 24.6. The Bertz CT molecular complexity index is 4070. The number of hydrogen-bond donors (Lipinski definition) is 0. The first-order valence-electron chi connectivity index (χ1n) is 26.4. The number of pyridine rings is 1. The van der Waals surface area contributed by atoms with E-state index in [1.54, 1.807) is 0 Å². The van der Waals surface area contributed by atoms with Crippen molar-refractivity contribution in [3.8, 4) is 73.2 Å². The van der Waals surface area contributed by atoms with Crippen LogP contribution >= 0.6 is 0 Å². The molecule has 1 aliphatic rings. The van der Waals surface area contributed by atoms with E-state index in [-0.39, 0.29) is 42.7 Å². The Labute approximate surface area is 463 Å². The molecule has 11 aromatic rings. The summed E-state index contributed by atoms with van der Waals surface area (Å²) in [5, 5.41) is 2.22. The molecule has 0 fully saturated rings. The molecular weight excluding hydrogens is 1110 g/mol. The number of hydrogen-bond acceptors (Lipinski definition) is 2. The Morgan fingerprint density at radius 2 is 1.08 bits per heavy atom. The number of aromatic nitrogens is 4. The molecule has 76 heavy (non-hydrogen) atoms. The Kier molecular flexibility index (Phi) is 12.3. The van der Waals surface area contributed by atoms with E-state index in [1.807, 2.05) is 18.3 Å². The number of para-hydroxylation sites is 1. The molecule has 5 nitrogen and oxygen atoms in total. The van der Waals surface area contributed by atoms with Gasteiger partial charge in [-0.2, -0.15) is 18.2 Å². The van der Waals surface area contributed by atoms with Gasteiger partial charge in [-0.15, -0.1) is 29.7 Å². The average molecular weight is 1170 g/mol. The molecule has 1 aliphatic heterocycles. The molecule has 12 rings (SSSR count). The predicted molar refractivity (Wildman–Crippen MR) is 310 cm³/mol. The van der Waals surface area contributed by atoms with Crippen LogP contribution < -0.4 is 9.30 Å². The second kappa shape index (κ2) is 18.5. The number of benzene rings is 8. The zero-order valence-corrected chi connectivity index (χ0v) is 48.0. The fourth-order valence-corrected chi connectivity index (χ4v) is 11.0. The molecular formula is C70H64N4OPt-2. The molecule has 382 valence electrons. The summed E-state index contributed by atoms with van der Waals surface area (Å²) in [5.41, 5.74) is 20.0. The minimum Gasteiger partial charge on any atom is -0.510 e. The van der Waals surface area contributed by atoms with Gasteiger partial charge < -0.3 is 13.9 Å². The van der Waals surface area contributed by atoms with E-state index in [0.29, 0.717) is 11.5 Å². The van der Waals surface area contributed by atoms with Crippen molar-refractivity contribution in [1.82, 2.24) is 14.1 Å². The van der Waals surface area contributed by atoms with Crippen LogP contribution in [0.2, 0.25) is 0 Å². The smallest absolute Gasteiger partial charge is 0.268 e. The molecule has 0 N–H and O–H groups in total. The third-order valence-corrected chi connectivity index (χ3v) is 15.2. The monoisotopic (exact) mass is 1170 g/mol. The number of nitrogens with zero attached hydrogens (tertiary/aromatic N) is 4. The van der Waals surface area contributed by atoms with Gasteiger partial charge in [0.25, 0.3) is 6.33 Å². The summed E-state index contributed by atoms with van der Waals surface area (Å²) in [7, 11) is 0. The molecule has 0 bridgehead atoms. The third-order valence-electron chi connectivity index (χ3n) is 15.2. The fraction of sp³-hybridized carbons (Fsp3) is 0.229. The SMILES string of the molecule is CC(C)(C)c1ccc(-c2cc3c4c(c2)n(-c2[c-]c(Oc5[c-]c6c(cc5)c5ccccc5n6-c5cc(C(C)(C)C)ccn5)ccc2)[c-][n+]4-c2c(cc(C(C)(C)C)cc2C(C)(C)C)-c2ccccc2-c2ccccc2-3)cc1.[Pt]. The van der Waals surface area contributed by atoms with Crippen LogP contribution in [0, 0.1) is 18.5 Å². The van der Waals surface area contributed by atoms with Crippen LogP contribution in [0.15, 0.2) is 170 Å². The molecule has 0 atom stereocenters. The van der Waals surface area contributed by atoms with Crippen molar-refractivity contribution in [3.05, 3.63) is 211 Å². The molecule has 0 unspecified atom stereocenters. The fourth-order valence-electron chi connectivity index (χ4n) is 11.0. The molecule has 4 heterocycles. The maximum Gasteiger partial charge on any atom is 0.268 e. The Hall–Kier alpha value is -7.33. The predicted octanol–water partition coefficient (Wildman–Crippen LogP) is 17.8. The molecule has 8 aromatic carbocycles. The molecule has 6 heteroatoms. The minimum atomic E-state index is -0.236. The van der Waals surface area contributed by atoms with Crippen LogP contribution in [-0.4, -0.2) is 14.1 Å². The van der Waals surface area contributed by atoms with Gasteiger partial charge in [0, 0.05) is 44.3 Å². The Morgan fingerprint density at radius 1 is 0.461 bits per heavy atom. The quantitative estimate of drug-likeness (QED) is 0.127. The van der Waals surface area contributed by atoms with Crippen LogP contribution in [-0.2, 0) is 42.7 Å². The summed E-state index contributed by atoms with van der Waals surface area (Å²) in [6, 6.07) is 67.2. The molecule has 0 radical (unpaired) electrons. The van der Waals surface area contributed by atoms with Gasteiger partial charge in [0.1, 0.15) is 5.82 Å². The van der Waals surface area contributed by atoms with Crippen LogP contribution in [0.1, 0.15) is 105 Å². The van der Waals surface area contributed by atoms with Crippen molar-refractivity contribution >= 4 is 32.8 Å². The zero-order valence-electron chi connectivity index (χ0n) is 45.7. The van der Waals surface area contributed by atoms with Crippen LogP contribution in [0.5, 0.6) is 11.5 Å². The molecule has 3 aromatic heterocycles. The van der Waals surface area contributed by atoms with Crippen molar-refractivity contribution in [2.45, 2.75) is 105 Å². The first kappa shape index (κ1) is 50.8. The summed E-state index contributed by atoms with van der Waals surface area (Å²) in [4.78, 5) is 4.91. The van der Waals surface area contributed by atoms with Gasteiger partial charge in [-0.05, 0) is 124 Å². The van der Waals surface area contributed by atoms with Gasteiger partial charge in [-0.25, -0.2) is 4.98 Å². The van der Waals surface area contributed by atoms with Crippen LogP contribution in [0.3, 0.4) is 0 Å². The molecule has 0 aliphatic carbocycles. The van der Waals surface area contributed by atoms with E-state index in [1.165, 1.54) is 44.5 Å². The van der Waals surface area contributed by atoms with E-state index in [2.05, 4.69) is 267 Å². The van der Waals surface area contributed by atoms with Gasteiger partial charge in [0.05, 0.1) is 16.7 Å². The minimum absolute atomic E-state index is 0. The van der Waals surface area contributed by atoms with E-state index >= 15 is 0 Å². The average Bonchev–Trinajstić information content (AvgIpc) is 3.96. The second-order valence-corrected chi connectivity index (χ2v) is 24.6. The molecule has 0 spiro atoms. The largest absolute Gasteiger partial charge is 0.510 e. The van der Waals surface area contributed by atoms with Crippen LogP contribution in [0.4, 0.5) is 0 Å². The van der Waals surface area contributed by atoms with Crippen molar-refractivity contribution < 1.29 is 30.4 Å². The van der Waals surface area contributed by atoms with Gasteiger partial charge >= 0.3 is 0 Å². The summed E-state index contributed by atoms with van der Waals surface area (Å²) < 4.78 is 13.6.